The van der Waals surface area contributed by atoms with Crippen LogP contribution >= 0.6 is 0 Å². The monoisotopic (exact) mass is 242 g/mol. The smallest absolute Gasteiger partial charge is 0.134 e. The first-order valence-corrected chi connectivity index (χ1v) is 6.52. The minimum Gasteiger partial charge on any atom is -0.392 e. The lowest BCUT2D eigenvalue weighted by atomic mass is 10.1. The Morgan fingerprint density at radius 3 is 2.94 bits per heavy atom. The van der Waals surface area contributed by atoms with Crippen molar-refractivity contribution >= 4 is 16.7 Å². The van der Waals surface area contributed by atoms with Gasteiger partial charge in [-0.15, -0.1) is 0 Å². The third-order valence-electron chi connectivity index (χ3n) is 3.67. The lowest BCUT2D eigenvalue weighted by molar-refractivity contribution is 0.282. The normalized spacial score (nSPS) is 19.7. The summed E-state index contributed by atoms with van der Waals surface area (Å²) in [6.45, 7) is 4.40. The Labute approximate surface area is 107 Å². The number of para-hydroxylation sites is 1. The van der Waals surface area contributed by atoms with Crippen LogP contribution in [0.15, 0.2) is 30.3 Å². The Hall–Kier alpha value is -1.61. The van der Waals surface area contributed by atoms with Crippen LogP contribution in [0.4, 0.5) is 5.82 Å². The molecule has 2 heterocycles. The average Bonchev–Trinajstić information content (AvgIpc) is 2.83. The van der Waals surface area contributed by atoms with Crippen molar-refractivity contribution in [3.63, 3.8) is 0 Å². The summed E-state index contributed by atoms with van der Waals surface area (Å²) in [6.07, 6.45) is 1.21. The zero-order chi connectivity index (χ0) is 12.5. The lowest BCUT2D eigenvalue weighted by Crippen LogP contribution is -2.22. The molecular formula is C15H18N2O. The number of aliphatic hydroxyl groups excluding tert-OH is 1. The Morgan fingerprint density at radius 1 is 1.39 bits per heavy atom. The minimum atomic E-state index is 0.0536. The molecule has 0 aliphatic carbocycles. The summed E-state index contributed by atoms with van der Waals surface area (Å²) >= 11 is 0. The third-order valence-corrected chi connectivity index (χ3v) is 3.67. The van der Waals surface area contributed by atoms with Crippen LogP contribution in [0.2, 0.25) is 0 Å². The molecule has 94 valence electrons. The van der Waals surface area contributed by atoms with E-state index in [0.29, 0.717) is 5.92 Å². The van der Waals surface area contributed by atoms with Gasteiger partial charge in [-0.1, -0.05) is 25.1 Å². The number of hydrogen-bond acceptors (Lipinski definition) is 3. The van der Waals surface area contributed by atoms with Crippen molar-refractivity contribution in [1.29, 1.82) is 0 Å². The van der Waals surface area contributed by atoms with E-state index in [4.69, 9.17) is 4.98 Å². The van der Waals surface area contributed by atoms with Gasteiger partial charge in [-0.3, -0.25) is 0 Å². The van der Waals surface area contributed by atoms with Gasteiger partial charge in [0.25, 0.3) is 0 Å². The van der Waals surface area contributed by atoms with Crippen LogP contribution in [0.3, 0.4) is 0 Å². The summed E-state index contributed by atoms with van der Waals surface area (Å²) in [6, 6.07) is 10.1. The zero-order valence-corrected chi connectivity index (χ0v) is 10.6. The van der Waals surface area contributed by atoms with Gasteiger partial charge >= 0.3 is 0 Å². The molecule has 1 saturated heterocycles. The molecule has 1 aliphatic heterocycles. The summed E-state index contributed by atoms with van der Waals surface area (Å²) in [5, 5.41) is 10.6. The van der Waals surface area contributed by atoms with Crippen LogP contribution in [0.25, 0.3) is 10.9 Å². The first-order valence-electron chi connectivity index (χ1n) is 6.52. The molecule has 0 bridgehead atoms. The van der Waals surface area contributed by atoms with Crippen LogP contribution in [-0.2, 0) is 6.61 Å². The van der Waals surface area contributed by atoms with Gasteiger partial charge in [0.1, 0.15) is 5.82 Å². The van der Waals surface area contributed by atoms with Gasteiger partial charge in [-0.25, -0.2) is 4.98 Å². The second kappa shape index (κ2) is 4.58. The van der Waals surface area contributed by atoms with Crippen LogP contribution in [0.5, 0.6) is 0 Å². The van der Waals surface area contributed by atoms with E-state index in [1.54, 1.807) is 0 Å². The number of rotatable bonds is 2. The van der Waals surface area contributed by atoms with Gasteiger partial charge in [0.2, 0.25) is 0 Å². The highest BCUT2D eigenvalue weighted by atomic mass is 16.3. The fourth-order valence-corrected chi connectivity index (χ4v) is 2.67. The molecule has 1 aromatic carbocycles. The number of fused-ring (bicyclic) bond motifs is 1. The van der Waals surface area contributed by atoms with E-state index in [2.05, 4.69) is 17.9 Å². The van der Waals surface area contributed by atoms with Crippen LogP contribution in [-0.4, -0.2) is 23.2 Å². The maximum atomic E-state index is 9.54. The van der Waals surface area contributed by atoms with E-state index in [1.807, 2.05) is 24.3 Å². The van der Waals surface area contributed by atoms with Crippen LogP contribution in [0.1, 0.15) is 18.9 Å². The number of hydrogen-bond donors (Lipinski definition) is 1. The van der Waals surface area contributed by atoms with Crippen molar-refractivity contribution in [2.24, 2.45) is 5.92 Å². The maximum Gasteiger partial charge on any atom is 0.134 e. The molecule has 1 atom stereocenters. The number of aliphatic hydroxyl groups is 1. The van der Waals surface area contributed by atoms with Crippen molar-refractivity contribution < 1.29 is 5.11 Å². The molecule has 18 heavy (non-hydrogen) atoms. The number of pyridine rings is 1. The minimum absolute atomic E-state index is 0.0536. The Kier molecular flexibility index (Phi) is 2.92. The van der Waals surface area contributed by atoms with Crippen molar-refractivity contribution in [3.8, 4) is 0 Å². The van der Waals surface area contributed by atoms with Gasteiger partial charge in [-0.2, -0.15) is 0 Å². The fourth-order valence-electron chi connectivity index (χ4n) is 2.67. The summed E-state index contributed by atoms with van der Waals surface area (Å²) in [5.41, 5.74) is 1.94. The molecule has 3 heteroatoms. The van der Waals surface area contributed by atoms with E-state index in [9.17, 15) is 5.11 Å². The Balaban J connectivity index is 2.09. The molecule has 1 fully saturated rings. The highest BCUT2D eigenvalue weighted by Crippen LogP contribution is 2.28. The fraction of sp³-hybridized carbons (Fsp3) is 0.400. The molecule has 0 saturated carbocycles. The molecule has 2 aromatic rings. The highest BCUT2D eigenvalue weighted by molar-refractivity contribution is 5.81. The molecule has 3 nitrogen and oxygen atoms in total. The summed E-state index contributed by atoms with van der Waals surface area (Å²) in [7, 11) is 0. The van der Waals surface area contributed by atoms with Gasteiger partial charge in [0.15, 0.2) is 0 Å². The number of aromatic nitrogens is 1. The van der Waals surface area contributed by atoms with Gasteiger partial charge in [0, 0.05) is 24.0 Å². The second-order valence-corrected chi connectivity index (χ2v) is 5.16. The van der Waals surface area contributed by atoms with E-state index in [-0.39, 0.29) is 6.61 Å². The van der Waals surface area contributed by atoms with Crippen molar-refractivity contribution in [2.45, 2.75) is 20.0 Å². The quantitative estimate of drug-likeness (QED) is 0.879. The second-order valence-electron chi connectivity index (χ2n) is 5.16. The van der Waals surface area contributed by atoms with Gasteiger partial charge in [0.05, 0.1) is 12.1 Å². The Bertz CT molecular complexity index is 567. The molecule has 3 rings (SSSR count). The molecule has 0 amide bonds. The SMILES string of the molecule is CC1CCN(c2nc3ccccc3cc2CO)C1. The highest BCUT2D eigenvalue weighted by Gasteiger charge is 2.22. The number of benzene rings is 1. The summed E-state index contributed by atoms with van der Waals surface area (Å²) < 4.78 is 0. The number of anilines is 1. The van der Waals surface area contributed by atoms with Crippen LogP contribution < -0.4 is 4.90 Å². The van der Waals surface area contributed by atoms with E-state index in [0.717, 1.165) is 35.4 Å². The maximum absolute atomic E-state index is 9.54. The first-order chi connectivity index (χ1) is 8.78. The number of nitrogens with zero attached hydrogens (tertiary/aromatic N) is 2. The molecule has 0 spiro atoms. The molecule has 0 radical (unpaired) electrons. The predicted octanol–water partition coefficient (Wildman–Crippen LogP) is 2.57. The van der Waals surface area contributed by atoms with E-state index >= 15 is 0 Å². The molecule has 1 aromatic heterocycles. The molecular weight excluding hydrogens is 224 g/mol. The lowest BCUT2D eigenvalue weighted by Gasteiger charge is -2.20. The molecule has 1 unspecified atom stereocenters. The largest absolute Gasteiger partial charge is 0.392 e. The third kappa shape index (κ3) is 1.95. The van der Waals surface area contributed by atoms with Gasteiger partial charge in [-0.05, 0) is 24.5 Å². The van der Waals surface area contributed by atoms with Crippen LogP contribution in [0, 0.1) is 5.92 Å². The van der Waals surface area contributed by atoms with Crippen molar-refractivity contribution in [2.75, 3.05) is 18.0 Å². The summed E-state index contributed by atoms with van der Waals surface area (Å²) in [5.74, 6) is 1.67. The van der Waals surface area contributed by atoms with E-state index in [1.165, 1.54) is 6.42 Å². The van der Waals surface area contributed by atoms with E-state index < -0.39 is 0 Å². The van der Waals surface area contributed by atoms with Crippen molar-refractivity contribution in [1.82, 2.24) is 4.98 Å². The predicted molar refractivity (Wildman–Crippen MR) is 73.7 cm³/mol. The van der Waals surface area contributed by atoms with Crippen molar-refractivity contribution in [3.05, 3.63) is 35.9 Å². The topological polar surface area (TPSA) is 36.4 Å². The molecule has 1 N–H and O–H groups in total. The standard InChI is InChI=1S/C15H18N2O/c1-11-6-7-17(9-11)15-13(10-18)8-12-4-2-3-5-14(12)16-15/h2-5,8,11,18H,6-7,9-10H2,1H3. The zero-order valence-electron chi connectivity index (χ0n) is 10.6. The first kappa shape index (κ1) is 11.5. The summed E-state index contributed by atoms with van der Waals surface area (Å²) in [4.78, 5) is 7.02. The molecule has 1 aliphatic rings. The van der Waals surface area contributed by atoms with Gasteiger partial charge < -0.3 is 10.0 Å². The average molecular weight is 242 g/mol. The Morgan fingerprint density at radius 2 is 2.22 bits per heavy atom.